The van der Waals surface area contributed by atoms with E-state index < -0.39 is 28.5 Å². The van der Waals surface area contributed by atoms with Crippen molar-refractivity contribution in [3.63, 3.8) is 0 Å². The summed E-state index contributed by atoms with van der Waals surface area (Å²) in [6.45, 7) is 10.1. The first-order valence-electron chi connectivity index (χ1n) is 14.0. The van der Waals surface area contributed by atoms with Gasteiger partial charge >= 0.3 is 0 Å². The highest BCUT2D eigenvalue weighted by Crippen LogP contribution is 2.26. The van der Waals surface area contributed by atoms with Crippen molar-refractivity contribution in [2.75, 3.05) is 30.5 Å². The molecule has 2 amide bonds. The molecule has 9 heteroatoms. The molecule has 8 nitrogen and oxygen atoms in total. The number of anilines is 1. The van der Waals surface area contributed by atoms with Gasteiger partial charge in [0.2, 0.25) is 11.8 Å². The average molecular weight is 580 g/mol. The molecule has 0 spiro atoms. The lowest BCUT2D eigenvalue weighted by Gasteiger charge is -2.32. The van der Waals surface area contributed by atoms with Crippen molar-refractivity contribution < 1.29 is 22.7 Å². The number of nitrogens with zero attached hydrogens (tertiary/aromatic N) is 2. The molecule has 0 heterocycles. The van der Waals surface area contributed by atoms with Crippen LogP contribution < -0.4 is 14.4 Å². The molecule has 0 radical (unpaired) electrons. The molecular formula is C32H41N3O5S. The lowest BCUT2D eigenvalue weighted by Crippen LogP contribution is -2.52. The van der Waals surface area contributed by atoms with Crippen LogP contribution in [0.4, 0.5) is 5.69 Å². The van der Waals surface area contributed by atoms with Crippen LogP contribution >= 0.6 is 0 Å². The number of ether oxygens (including phenoxy) is 1. The van der Waals surface area contributed by atoms with Gasteiger partial charge in [-0.1, -0.05) is 61.9 Å². The molecule has 1 N–H and O–H groups in total. The van der Waals surface area contributed by atoms with Gasteiger partial charge in [0.25, 0.3) is 10.0 Å². The fourth-order valence-electron chi connectivity index (χ4n) is 4.26. The highest BCUT2D eigenvalue weighted by molar-refractivity contribution is 7.92. The topological polar surface area (TPSA) is 96.0 Å². The Morgan fingerprint density at radius 1 is 0.902 bits per heavy atom. The summed E-state index contributed by atoms with van der Waals surface area (Å²) >= 11 is 0. The zero-order valence-corrected chi connectivity index (χ0v) is 25.4. The van der Waals surface area contributed by atoms with E-state index in [1.807, 2.05) is 58.0 Å². The summed E-state index contributed by atoms with van der Waals surface area (Å²) in [5.41, 5.74) is 2.33. The second kappa shape index (κ2) is 14.7. The van der Waals surface area contributed by atoms with Gasteiger partial charge in [-0.2, -0.15) is 0 Å². The Hall–Kier alpha value is -3.85. The van der Waals surface area contributed by atoms with Gasteiger partial charge in [0.1, 0.15) is 18.3 Å². The molecule has 3 aromatic rings. The van der Waals surface area contributed by atoms with Crippen molar-refractivity contribution in [1.29, 1.82) is 0 Å². The molecule has 1 atom stereocenters. The fourth-order valence-corrected chi connectivity index (χ4v) is 5.68. The predicted molar refractivity (Wildman–Crippen MR) is 162 cm³/mol. The monoisotopic (exact) mass is 579 g/mol. The smallest absolute Gasteiger partial charge is 0.264 e. The summed E-state index contributed by atoms with van der Waals surface area (Å²) in [6.07, 6.45) is 0.518. The van der Waals surface area contributed by atoms with Crippen LogP contribution in [0.1, 0.15) is 38.8 Å². The van der Waals surface area contributed by atoms with Crippen molar-refractivity contribution in [3.05, 3.63) is 90.0 Å². The number of amides is 2. The maximum absolute atomic E-state index is 13.9. The number of carbonyl (C=O) groups excluding carboxylic acids is 2. The van der Waals surface area contributed by atoms with Gasteiger partial charge in [0, 0.05) is 13.1 Å². The number of carbonyl (C=O) groups is 2. The second-order valence-corrected chi connectivity index (χ2v) is 12.3. The highest BCUT2D eigenvalue weighted by Gasteiger charge is 2.32. The van der Waals surface area contributed by atoms with Crippen molar-refractivity contribution in [2.45, 2.75) is 52.0 Å². The summed E-state index contributed by atoms with van der Waals surface area (Å²) in [4.78, 5) is 28.5. The first-order chi connectivity index (χ1) is 19.5. The van der Waals surface area contributed by atoms with Crippen LogP contribution in [-0.2, 0) is 26.0 Å². The molecule has 0 aliphatic heterocycles. The quantitative estimate of drug-likeness (QED) is 0.295. The zero-order valence-electron chi connectivity index (χ0n) is 24.5. The van der Waals surface area contributed by atoms with Gasteiger partial charge in [-0.3, -0.25) is 13.9 Å². The predicted octanol–water partition coefficient (Wildman–Crippen LogP) is 4.82. The molecule has 220 valence electrons. The number of hydrogen-bond acceptors (Lipinski definition) is 5. The molecule has 0 fully saturated rings. The third-order valence-corrected chi connectivity index (χ3v) is 8.45. The zero-order chi connectivity index (χ0) is 30.0. The number of aryl methyl sites for hydroxylation is 1. The summed E-state index contributed by atoms with van der Waals surface area (Å²) < 4.78 is 34.5. The maximum Gasteiger partial charge on any atom is 0.264 e. The average Bonchev–Trinajstić information content (AvgIpc) is 2.96. The maximum atomic E-state index is 13.9. The molecule has 0 aliphatic carbocycles. The van der Waals surface area contributed by atoms with E-state index >= 15 is 0 Å². The molecule has 0 unspecified atom stereocenters. The van der Waals surface area contributed by atoms with Crippen LogP contribution in [0.25, 0.3) is 0 Å². The Morgan fingerprint density at radius 3 is 2.12 bits per heavy atom. The van der Waals surface area contributed by atoms with E-state index in [-0.39, 0.29) is 23.3 Å². The van der Waals surface area contributed by atoms with Gasteiger partial charge in [-0.25, -0.2) is 8.42 Å². The molecule has 0 aliphatic rings. The first-order valence-corrected chi connectivity index (χ1v) is 15.4. The molecule has 0 bridgehead atoms. The minimum atomic E-state index is -4.13. The minimum absolute atomic E-state index is 0.0351. The molecule has 0 saturated carbocycles. The van der Waals surface area contributed by atoms with Crippen LogP contribution in [0.5, 0.6) is 5.75 Å². The summed E-state index contributed by atoms with van der Waals surface area (Å²) in [5.74, 6) is 0.0493. The Balaban J connectivity index is 1.95. The Bertz CT molecular complexity index is 1380. The lowest BCUT2D eigenvalue weighted by molar-refractivity contribution is -0.138. The van der Waals surface area contributed by atoms with E-state index in [1.54, 1.807) is 43.3 Å². The van der Waals surface area contributed by atoms with Crippen molar-refractivity contribution in [1.82, 2.24) is 10.2 Å². The number of benzene rings is 3. The molecular weight excluding hydrogens is 538 g/mol. The van der Waals surface area contributed by atoms with Crippen LogP contribution in [0.2, 0.25) is 0 Å². The van der Waals surface area contributed by atoms with Crippen LogP contribution in [-0.4, -0.2) is 57.4 Å². The molecule has 0 saturated heterocycles. The van der Waals surface area contributed by atoms with Gasteiger partial charge in [0.15, 0.2) is 0 Å². The van der Waals surface area contributed by atoms with Gasteiger partial charge in [-0.05, 0) is 75.1 Å². The van der Waals surface area contributed by atoms with Gasteiger partial charge < -0.3 is 15.0 Å². The third kappa shape index (κ3) is 8.82. The standard InChI is InChI=1S/C32H41N3O5S/c1-6-40-29-16-18-30(19-17-29)41(38,39)35(28-14-12-25(4)13-15-28)23-31(36)34(21-20-27-10-8-7-9-11-27)26(5)32(37)33-22-24(2)3/h7-19,24,26H,6,20-23H2,1-5H3,(H,33,37)/t26-/m1/s1. The van der Waals surface area contributed by atoms with E-state index in [9.17, 15) is 18.0 Å². The molecule has 3 rings (SSSR count). The van der Waals surface area contributed by atoms with E-state index in [0.717, 1.165) is 15.4 Å². The SMILES string of the molecule is CCOc1ccc(S(=O)(=O)N(CC(=O)N(CCc2ccccc2)[C@H](C)C(=O)NCC(C)C)c2ccc(C)cc2)cc1. The van der Waals surface area contributed by atoms with Crippen molar-refractivity contribution in [3.8, 4) is 5.75 Å². The Labute approximate surface area is 244 Å². The fraction of sp³-hybridized carbons (Fsp3) is 0.375. The number of rotatable bonds is 14. The lowest BCUT2D eigenvalue weighted by atomic mass is 10.1. The number of sulfonamides is 1. The van der Waals surface area contributed by atoms with E-state index in [4.69, 9.17) is 4.74 Å². The van der Waals surface area contributed by atoms with E-state index in [1.165, 1.54) is 17.0 Å². The third-order valence-electron chi connectivity index (χ3n) is 6.66. The molecule has 3 aromatic carbocycles. The van der Waals surface area contributed by atoms with Crippen molar-refractivity contribution >= 4 is 27.5 Å². The summed E-state index contributed by atoms with van der Waals surface area (Å²) in [5, 5.41) is 2.90. The Morgan fingerprint density at radius 2 is 1.54 bits per heavy atom. The van der Waals surface area contributed by atoms with Crippen LogP contribution in [0.3, 0.4) is 0 Å². The number of hydrogen-bond donors (Lipinski definition) is 1. The second-order valence-electron chi connectivity index (χ2n) is 10.4. The van der Waals surface area contributed by atoms with E-state index in [0.29, 0.717) is 31.0 Å². The van der Waals surface area contributed by atoms with Crippen LogP contribution in [0.15, 0.2) is 83.8 Å². The Kier molecular flexibility index (Phi) is 11.3. The van der Waals surface area contributed by atoms with Crippen LogP contribution in [0, 0.1) is 12.8 Å². The van der Waals surface area contributed by atoms with E-state index in [2.05, 4.69) is 5.32 Å². The summed E-state index contributed by atoms with van der Waals surface area (Å²) in [6, 6.07) is 22.0. The molecule has 41 heavy (non-hydrogen) atoms. The largest absolute Gasteiger partial charge is 0.494 e. The normalized spacial score (nSPS) is 12.0. The van der Waals surface area contributed by atoms with Gasteiger partial charge in [0.05, 0.1) is 17.2 Å². The van der Waals surface area contributed by atoms with Gasteiger partial charge in [-0.15, -0.1) is 0 Å². The molecule has 0 aromatic heterocycles. The number of nitrogens with one attached hydrogen (secondary N) is 1. The minimum Gasteiger partial charge on any atom is -0.494 e. The summed E-state index contributed by atoms with van der Waals surface area (Å²) in [7, 11) is -4.13. The highest BCUT2D eigenvalue weighted by atomic mass is 32.2. The van der Waals surface area contributed by atoms with Crippen molar-refractivity contribution in [2.24, 2.45) is 5.92 Å². The first kappa shape index (κ1) is 31.7.